The van der Waals surface area contributed by atoms with Gasteiger partial charge in [-0.05, 0) is 36.1 Å². The number of nitrogens with zero attached hydrogens (tertiary/aromatic N) is 4. The average Bonchev–Trinajstić information content (AvgIpc) is 3.38. The van der Waals surface area contributed by atoms with Crippen LogP contribution in [0, 0.1) is 0 Å². The topological polar surface area (TPSA) is 231 Å². The molecule has 1 aromatic carbocycles. The number of esters is 1. The maximum atomic E-state index is 12.8. The van der Waals surface area contributed by atoms with Crippen LogP contribution in [0.5, 0.6) is 5.75 Å². The number of nitrogen functional groups attached to an aromatic ring is 1. The number of anilines is 1. The Bertz CT molecular complexity index is 1490. The van der Waals surface area contributed by atoms with Crippen molar-refractivity contribution in [2.24, 2.45) is 0 Å². The minimum absolute atomic E-state index is 0.0148. The number of carbonyl (C=O) groups is 1. The Labute approximate surface area is 225 Å². The molecule has 0 saturated carbocycles. The molecule has 22 heteroatoms. The number of ether oxygens (including phenoxy) is 3. The summed E-state index contributed by atoms with van der Waals surface area (Å²) in [4.78, 5) is 52.6. The van der Waals surface area contributed by atoms with Gasteiger partial charge in [-0.2, -0.15) is 0 Å². The smallest absolute Gasteiger partial charge is 0.451 e. The molecule has 0 bridgehead atoms. The summed E-state index contributed by atoms with van der Waals surface area (Å²) in [7, 11) is -5.14. The van der Waals surface area contributed by atoms with Gasteiger partial charge in [-0.1, -0.05) is 0 Å². The van der Waals surface area contributed by atoms with Gasteiger partial charge in [-0.15, -0.1) is 13.2 Å². The Kier molecular flexibility index (Phi) is 8.49. The molecule has 5 unspecified atom stereocenters. The molecule has 1 saturated heterocycles. The number of rotatable bonds is 9. The van der Waals surface area contributed by atoms with Crippen LogP contribution in [0.15, 0.2) is 36.9 Å². The lowest BCUT2D eigenvalue weighted by Crippen LogP contribution is -2.37. The summed E-state index contributed by atoms with van der Waals surface area (Å²) in [6.07, 6.45) is -8.92. The molecule has 3 aromatic rings. The third kappa shape index (κ3) is 7.29. The van der Waals surface area contributed by atoms with Crippen LogP contribution in [0.25, 0.3) is 11.2 Å². The van der Waals surface area contributed by atoms with Crippen LogP contribution in [-0.2, 0) is 34.7 Å². The summed E-state index contributed by atoms with van der Waals surface area (Å²) < 4.78 is 74.0. The second-order valence-electron chi connectivity index (χ2n) is 7.92. The highest BCUT2D eigenvalue weighted by Gasteiger charge is 2.49. The first-order valence-corrected chi connectivity index (χ1v) is 14.7. The zero-order valence-electron chi connectivity index (χ0n) is 19.4. The Morgan fingerprint density at radius 1 is 1.18 bits per heavy atom. The van der Waals surface area contributed by atoms with E-state index >= 15 is 0 Å². The van der Waals surface area contributed by atoms with Crippen LogP contribution >= 0.6 is 14.5 Å². The van der Waals surface area contributed by atoms with E-state index in [9.17, 15) is 32.5 Å². The summed E-state index contributed by atoms with van der Waals surface area (Å²) in [5.41, 5.74) is 5.76. The fraction of sp³-hybridized carbons (Fsp3) is 0.333. The number of aliphatic hydroxyl groups excluding tert-OH is 1. The maximum absolute atomic E-state index is 12.8. The van der Waals surface area contributed by atoms with Gasteiger partial charge < -0.3 is 39.7 Å². The monoisotopic (exact) mass is 631 g/mol. The number of nitrogens with two attached hydrogens (primary N) is 1. The lowest BCUT2D eigenvalue weighted by Gasteiger charge is -2.22. The summed E-state index contributed by atoms with van der Waals surface area (Å²) in [6, 6.07) is 3.70. The van der Waals surface area contributed by atoms with Gasteiger partial charge in [0.15, 0.2) is 23.8 Å². The molecule has 2 aromatic heterocycles. The number of imidazole rings is 1. The molecule has 1 aliphatic rings. The van der Waals surface area contributed by atoms with E-state index in [0.717, 1.165) is 30.6 Å². The molecule has 4 rings (SSSR count). The number of aromatic nitrogens is 4. The van der Waals surface area contributed by atoms with E-state index in [0.29, 0.717) is 0 Å². The predicted octanol–water partition coefficient (Wildman–Crippen LogP) is 1.13. The summed E-state index contributed by atoms with van der Waals surface area (Å²) in [5.74, 6) is -1.72. The van der Waals surface area contributed by atoms with Gasteiger partial charge in [-0.25, -0.2) is 28.6 Å². The second-order valence-corrected chi connectivity index (χ2v) is 12.2. The molecule has 0 spiro atoms. The number of benzene rings is 1. The standard InChI is InChI=1S/C18H18F3N5O11P2S/c19-18(20,21)36-9-3-1-8(2-4-9)17(28)35-13-12(27)10(5-33-38(29,30)37-39(31,32)40)34-16(13)26-7-25-11-14(22)23-6-24-15(11)26/h1-4,6-7,10,12-13,16,27H,5H2,(H,29,30)(H2,22,23,24)(H2,31,32,40). The first kappa shape index (κ1) is 30.2. The molecule has 3 heterocycles. The van der Waals surface area contributed by atoms with Crippen molar-refractivity contribution < 1.29 is 65.4 Å². The first-order valence-electron chi connectivity index (χ1n) is 10.6. The molecule has 0 radical (unpaired) electrons. The third-order valence-corrected chi connectivity index (χ3v) is 7.90. The summed E-state index contributed by atoms with van der Waals surface area (Å²) >= 11 is 4.13. The number of halogens is 3. The SMILES string of the molecule is Nc1ncnc2c1ncn2C1OC(COP(=O)(O)OP(O)(O)=S)C(O)C1OC(=O)c1ccc(OC(F)(F)F)cc1. The van der Waals surface area contributed by atoms with Gasteiger partial charge in [0.25, 0.3) is 0 Å². The molecule has 6 N–H and O–H groups in total. The summed E-state index contributed by atoms with van der Waals surface area (Å²) in [5, 5.41) is 10.9. The minimum Gasteiger partial charge on any atom is -0.451 e. The number of phosphoric ester groups is 1. The minimum atomic E-state index is -5.14. The Morgan fingerprint density at radius 2 is 1.85 bits per heavy atom. The van der Waals surface area contributed by atoms with Crippen molar-refractivity contribution in [2.75, 3.05) is 12.3 Å². The number of phosphoric acid groups is 1. The first-order chi connectivity index (χ1) is 18.5. The highest BCUT2D eigenvalue weighted by molar-refractivity contribution is 8.08. The number of hydrogen-bond donors (Lipinski definition) is 5. The zero-order valence-corrected chi connectivity index (χ0v) is 22.0. The Balaban J connectivity index is 1.59. The molecule has 40 heavy (non-hydrogen) atoms. The number of aliphatic hydroxyl groups is 1. The van der Waals surface area contributed by atoms with E-state index in [4.69, 9.17) is 25.0 Å². The second kappa shape index (κ2) is 11.2. The number of carbonyl (C=O) groups excluding carboxylic acids is 1. The van der Waals surface area contributed by atoms with Crippen molar-refractivity contribution in [1.82, 2.24) is 19.5 Å². The van der Waals surface area contributed by atoms with Gasteiger partial charge in [0.05, 0.1) is 18.5 Å². The van der Waals surface area contributed by atoms with Crippen molar-refractivity contribution in [3.8, 4) is 5.75 Å². The highest BCUT2D eigenvalue weighted by atomic mass is 32.5. The van der Waals surface area contributed by atoms with E-state index in [1.807, 2.05) is 0 Å². The van der Waals surface area contributed by atoms with Crippen LogP contribution in [-0.4, -0.2) is 76.6 Å². The van der Waals surface area contributed by atoms with Crippen molar-refractivity contribution in [3.05, 3.63) is 42.5 Å². The number of fused-ring (bicyclic) bond motifs is 1. The molecular formula is C18H18F3N5O11P2S. The van der Waals surface area contributed by atoms with E-state index in [-0.39, 0.29) is 22.5 Å². The van der Waals surface area contributed by atoms with Gasteiger partial charge >= 0.3 is 26.9 Å². The number of alkyl halides is 3. The Hall–Kier alpha value is -2.77. The van der Waals surface area contributed by atoms with Crippen molar-refractivity contribution in [2.45, 2.75) is 30.9 Å². The van der Waals surface area contributed by atoms with Gasteiger partial charge in [-0.3, -0.25) is 9.09 Å². The summed E-state index contributed by atoms with van der Waals surface area (Å²) in [6.45, 7) is -5.52. The lowest BCUT2D eigenvalue weighted by molar-refractivity contribution is -0.274. The van der Waals surface area contributed by atoms with E-state index in [2.05, 4.69) is 40.3 Å². The van der Waals surface area contributed by atoms with E-state index in [1.54, 1.807) is 0 Å². The Morgan fingerprint density at radius 3 is 2.48 bits per heavy atom. The predicted molar refractivity (Wildman–Crippen MR) is 128 cm³/mol. The van der Waals surface area contributed by atoms with Crippen LogP contribution in [0.2, 0.25) is 0 Å². The van der Waals surface area contributed by atoms with Crippen molar-refractivity contribution in [1.29, 1.82) is 0 Å². The van der Waals surface area contributed by atoms with Crippen LogP contribution in [0.4, 0.5) is 19.0 Å². The van der Waals surface area contributed by atoms with Crippen molar-refractivity contribution in [3.63, 3.8) is 0 Å². The van der Waals surface area contributed by atoms with Crippen molar-refractivity contribution >= 4 is 49.3 Å². The maximum Gasteiger partial charge on any atom is 0.573 e. The lowest BCUT2D eigenvalue weighted by atomic mass is 10.1. The molecule has 1 aliphatic heterocycles. The van der Waals surface area contributed by atoms with E-state index < -0.39 is 63.8 Å². The zero-order chi connectivity index (χ0) is 29.5. The van der Waals surface area contributed by atoms with E-state index in [1.165, 1.54) is 10.9 Å². The fourth-order valence-corrected chi connectivity index (χ4v) is 5.93. The van der Waals surface area contributed by atoms with Crippen LogP contribution in [0.1, 0.15) is 16.6 Å². The molecule has 0 aliphatic carbocycles. The normalized spacial score (nSPS) is 23.2. The number of hydrogen-bond acceptors (Lipinski definition) is 13. The molecular weight excluding hydrogens is 613 g/mol. The largest absolute Gasteiger partial charge is 0.573 e. The van der Waals surface area contributed by atoms with Gasteiger partial charge in [0.2, 0.25) is 0 Å². The molecule has 218 valence electrons. The average molecular weight is 631 g/mol. The molecule has 5 atom stereocenters. The van der Waals surface area contributed by atoms with Crippen LogP contribution in [0.3, 0.4) is 0 Å². The van der Waals surface area contributed by atoms with Gasteiger partial charge in [0, 0.05) is 0 Å². The third-order valence-electron chi connectivity index (χ3n) is 5.15. The quantitative estimate of drug-likeness (QED) is 0.165. The van der Waals surface area contributed by atoms with Crippen LogP contribution < -0.4 is 10.5 Å². The highest BCUT2D eigenvalue weighted by Crippen LogP contribution is 2.58. The molecule has 0 amide bonds. The van der Waals surface area contributed by atoms with Gasteiger partial charge in [0.1, 0.15) is 29.8 Å². The molecule has 16 nitrogen and oxygen atoms in total. The fourth-order valence-electron chi connectivity index (χ4n) is 3.57. The molecule has 1 fully saturated rings.